The van der Waals surface area contributed by atoms with E-state index in [9.17, 15) is 21.9 Å². The van der Waals surface area contributed by atoms with Crippen LogP contribution in [0, 0.1) is 0 Å². The number of ether oxygens (including phenoxy) is 1. The van der Waals surface area contributed by atoms with Crippen molar-refractivity contribution < 1.29 is 26.7 Å². The molecule has 182 valence electrons. The van der Waals surface area contributed by atoms with Crippen LogP contribution in [-0.2, 0) is 24.0 Å². The lowest BCUT2D eigenvalue weighted by Gasteiger charge is -2.13. The quantitative estimate of drug-likeness (QED) is 0.266. The summed E-state index contributed by atoms with van der Waals surface area (Å²) in [6.07, 6.45) is -4.67. The molecule has 4 aromatic rings. The van der Waals surface area contributed by atoms with Gasteiger partial charge in [-0.05, 0) is 53.6 Å². The van der Waals surface area contributed by atoms with E-state index in [4.69, 9.17) is 27.9 Å². The van der Waals surface area contributed by atoms with Crippen molar-refractivity contribution in [3.63, 3.8) is 0 Å². The number of aromatic nitrogens is 2. The first-order chi connectivity index (χ1) is 16.6. The molecule has 0 spiro atoms. The molecular formula is C23H15Cl2F3N3O3S-. The predicted molar refractivity (Wildman–Crippen MR) is 127 cm³/mol. The molecule has 0 amide bonds. The molecule has 1 unspecified atom stereocenters. The molecule has 1 heterocycles. The van der Waals surface area contributed by atoms with Crippen molar-refractivity contribution in [2.75, 3.05) is 4.72 Å². The molecule has 1 atom stereocenters. The number of nitrogens with one attached hydrogen (secondary N) is 1. The van der Waals surface area contributed by atoms with Gasteiger partial charge in [-0.25, -0.2) is 4.68 Å². The summed E-state index contributed by atoms with van der Waals surface area (Å²) >= 11 is 9.93. The summed E-state index contributed by atoms with van der Waals surface area (Å²) < 4.78 is 70.8. The number of anilines is 1. The van der Waals surface area contributed by atoms with E-state index in [1.54, 1.807) is 54.6 Å². The lowest BCUT2D eigenvalue weighted by Crippen LogP contribution is -2.09. The fraction of sp³-hybridized carbons (Fsp3) is 0.0870. The molecule has 0 aliphatic rings. The van der Waals surface area contributed by atoms with Crippen LogP contribution in [0.3, 0.4) is 0 Å². The minimum atomic E-state index is -4.67. The summed E-state index contributed by atoms with van der Waals surface area (Å²) in [5.41, 5.74) is 1.06. The van der Waals surface area contributed by atoms with E-state index in [2.05, 4.69) is 9.82 Å². The zero-order chi connectivity index (χ0) is 25.2. The predicted octanol–water partition coefficient (Wildman–Crippen LogP) is 6.65. The molecule has 0 fully saturated rings. The van der Waals surface area contributed by atoms with Crippen molar-refractivity contribution in [3.05, 3.63) is 94.2 Å². The first-order valence-corrected chi connectivity index (χ1v) is 11.7. The molecule has 12 heteroatoms. The first-order valence-electron chi connectivity index (χ1n) is 9.91. The Balaban J connectivity index is 1.57. The van der Waals surface area contributed by atoms with Crippen LogP contribution in [0.15, 0.2) is 72.8 Å². The van der Waals surface area contributed by atoms with Gasteiger partial charge in [-0.15, -0.1) is 0 Å². The van der Waals surface area contributed by atoms with Crippen molar-refractivity contribution in [3.8, 4) is 22.6 Å². The van der Waals surface area contributed by atoms with Gasteiger partial charge in [-0.2, -0.15) is 18.3 Å². The molecule has 0 aliphatic heterocycles. The zero-order valence-electron chi connectivity index (χ0n) is 17.6. The van der Waals surface area contributed by atoms with Gasteiger partial charge in [0.05, 0.1) is 15.7 Å². The van der Waals surface area contributed by atoms with Crippen LogP contribution in [-0.4, -0.2) is 18.5 Å². The van der Waals surface area contributed by atoms with Crippen molar-refractivity contribution >= 4 is 40.2 Å². The number of halogens is 5. The highest BCUT2D eigenvalue weighted by Crippen LogP contribution is 2.34. The summed E-state index contributed by atoms with van der Waals surface area (Å²) in [5.74, 6) is 0.398. The van der Waals surface area contributed by atoms with Crippen LogP contribution in [0.5, 0.6) is 5.75 Å². The molecule has 1 aromatic heterocycles. The van der Waals surface area contributed by atoms with Gasteiger partial charge in [0, 0.05) is 17.0 Å². The second kappa shape index (κ2) is 10.3. The molecule has 4 rings (SSSR count). The molecule has 0 saturated carbocycles. The number of nitrogens with zero attached hydrogens (tertiary/aromatic N) is 2. The fourth-order valence-corrected chi connectivity index (χ4v) is 4.18. The molecular weight excluding hydrogens is 526 g/mol. The minimum absolute atomic E-state index is 0.0980. The number of hydrogen-bond donors (Lipinski definition) is 1. The van der Waals surface area contributed by atoms with Gasteiger partial charge < -0.3 is 14.0 Å². The van der Waals surface area contributed by atoms with E-state index in [0.29, 0.717) is 11.4 Å². The lowest BCUT2D eigenvalue weighted by molar-refractivity contribution is -0.141. The molecule has 35 heavy (non-hydrogen) atoms. The molecule has 0 radical (unpaired) electrons. The third-order valence-electron chi connectivity index (χ3n) is 4.86. The first kappa shape index (κ1) is 25.1. The van der Waals surface area contributed by atoms with E-state index in [1.807, 2.05) is 0 Å². The lowest BCUT2D eigenvalue weighted by atomic mass is 10.1. The maximum atomic E-state index is 13.3. The number of benzene rings is 3. The standard InChI is InChI=1S/C23H16Cl2F3N3O3S/c24-19-5-2-6-20(25)22(19)31-17(12-21(29-31)23(26,27)28)13-34-18-9-7-14(8-10-18)15-3-1-4-16(11-15)30-35(32)33/h1-12,30H,13H2,(H,32,33)/p-1. The monoisotopic (exact) mass is 540 g/mol. The number of rotatable bonds is 7. The fourth-order valence-electron chi connectivity index (χ4n) is 3.31. The van der Waals surface area contributed by atoms with Crippen LogP contribution in [0.1, 0.15) is 11.4 Å². The summed E-state index contributed by atoms with van der Waals surface area (Å²) in [7, 11) is 0. The van der Waals surface area contributed by atoms with Gasteiger partial charge in [0.15, 0.2) is 5.69 Å². The second-order valence-corrected chi connectivity index (χ2v) is 8.72. The SMILES string of the molecule is O=S([O-])Nc1cccc(-c2ccc(OCc3cc(C(F)(F)F)nn3-c3c(Cl)cccc3Cl)cc2)c1. The summed E-state index contributed by atoms with van der Waals surface area (Å²) in [6.45, 7) is -0.237. The Labute approximate surface area is 210 Å². The summed E-state index contributed by atoms with van der Waals surface area (Å²) in [4.78, 5) is 0. The Morgan fingerprint density at radius 3 is 2.26 bits per heavy atom. The average Bonchev–Trinajstić information content (AvgIpc) is 3.22. The van der Waals surface area contributed by atoms with Gasteiger partial charge in [0.2, 0.25) is 0 Å². The molecule has 0 bridgehead atoms. The normalized spacial score (nSPS) is 12.4. The molecule has 0 saturated heterocycles. The minimum Gasteiger partial charge on any atom is -0.755 e. The maximum absolute atomic E-state index is 13.3. The van der Waals surface area contributed by atoms with Gasteiger partial charge in [0.25, 0.3) is 0 Å². The van der Waals surface area contributed by atoms with Crippen LogP contribution in [0.2, 0.25) is 10.0 Å². The Hall–Kier alpha value is -3.05. The molecule has 1 N–H and O–H groups in total. The van der Waals surface area contributed by atoms with Gasteiger partial charge in [-0.1, -0.05) is 53.5 Å². The van der Waals surface area contributed by atoms with Crippen LogP contribution >= 0.6 is 23.2 Å². The Bertz CT molecular complexity index is 1360. The number of hydrogen-bond acceptors (Lipinski definition) is 4. The van der Waals surface area contributed by atoms with Gasteiger partial charge in [-0.3, -0.25) is 4.21 Å². The maximum Gasteiger partial charge on any atom is 0.435 e. The second-order valence-electron chi connectivity index (χ2n) is 7.23. The summed E-state index contributed by atoms with van der Waals surface area (Å²) in [5, 5.41) is 3.93. The number of alkyl halides is 3. The van der Waals surface area contributed by atoms with Crippen LogP contribution in [0.4, 0.5) is 18.9 Å². The van der Waals surface area contributed by atoms with Crippen molar-refractivity contribution in [2.24, 2.45) is 0 Å². The van der Waals surface area contributed by atoms with Crippen molar-refractivity contribution in [2.45, 2.75) is 12.8 Å². The van der Waals surface area contributed by atoms with Crippen LogP contribution in [0.25, 0.3) is 16.8 Å². The van der Waals surface area contributed by atoms with Gasteiger partial charge >= 0.3 is 6.18 Å². The third kappa shape index (κ3) is 5.96. The molecule has 0 aliphatic carbocycles. The van der Waals surface area contributed by atoms with E-state index >= 15 is 0 Å². The Kier molecular flexibility index (Phi) is 7.36. The summed E-state index contributed by atoms with van der Waals surface area (Å²) in [6, 6.07) is 19.0. The highest BCUT2D eigenvalue weighted by atomic mass is 35.5. The Morgan fingerprint density at radius 1 is 0.971 bits per heavy atom. The van der Waals surface area contributed by atoms with Crippen molar-refractivity contribution in [1.29, 1.82) is 0 Å². The molecule has 3 aromatic carbocycles. The smallest absolute Gasteiger partial charge is 0.435 e. The van der Waals surface area contributed by atoms with E-state index in [1.165, 1.54) is 12.1 Å². The van der Waals surface area contributed by atoms with E-state index in [-0.39, 0.29) is 28.0 Å². The average molecular weight is 541 g/mol. The highest BCUT2D eigenvalue weighted by Gasteiger charge is 2.35. The van der Waals surface area contributed by atoms with E-state index < -0.39 is 23.1 Å². The third-order valence-corrected chi connectivity index (χ3v) is 5.87. The van der Waals surface area contributed by atoms with Crippen LogP contribution < -0.4 is 9.46 Å². The topological polar surface area (TPSA) is 79.2 Å². The zero-order valence-corrected chi connectivity index (χ0v) is 19.9. The van der Waals surface area contributed by atoms with E-state index in [0.717, 1.165) is 21.9 Å². The highest BCUT2D eigenvalue weighted by molar-refractivity contribution is 7.80. The van der Waals surface area contributed by atoms with Crippen molar-refractivity contribution in [1.82, 2.24) is 9.78 Å². The largest absolute Gasteiger partial charge is 0.755 e. The Morgan fingerprint density at radius 2 is 1.63 bits per heavy atom. The van der Waals surface area contributed by atoms with Gasteiger partial charge in [0.1, 0.15) is 18.0 Å². The molecule has 6 nitrogen and oxygen atoms in total. The number of para-hydroxylation sites is 1.